The molecule has 0 spiro atoms. The summed E-state index contributed by atoms with van der Waals surface area (Å²) in [5.74, 6) is 0. The van der Waals surface area contributed by atoms with Gasteiger partial charge >= 0.3 is 0 Å². The molecular formula is C12H26O3. The van der Waals surface area contributed by atoms with E-state index >= 15 is 0 Å². The summed E-state index contributed by atoms with van der Waals surface area (Å²) in [6.45, 7) is 7.23. The third-order valence-electron chi connectivity index (χ3n) is 2.15. The zero-order valence-corrected chi connectivity index (χ0v) is 10.5. The van der Waals surface area contributed by atoms with Crippen LogP contribution in [0.5, 0.6) is 0 Å². The second-order valence-corrected chi connectivity index (χ2v) is 3.73. The molecule has 0 aliphatic rings. The first-order valence-corrected chi connectivity index (χ1v) is 6.03. The number of methoxy groups -OCH3 is 1. The first-order chi connectivity index (χ1) is 7.35. The molecule has 1 atom stereocenters. The highest BCUT2D eigenvalue weighted by Crippen LogP contribution is 1.99. The summed E-state index contributed by atoms with van der Waals surface area (Å²) in [4.78, 5) is 0. The van der Waals surface area contributed by atoms with Crippen LogP contribution in [0.4, 0.5) is 0 Å². The topological polar surface area (TPSA) is 27.7 Å². The van der Waals surface area contributed by atoms with E-state index in [9.17, 15) is 0 Å². The SMILES string of the molecule is CCCCOCC(COC)OCCCC. The van der Waals surface area contributed by atoms with Gasteiger partial charge in [-0.05, 0) is 12.8 Å². The van der Waals surface area contributed by atoms with Gasteiger partial charge in [-0.1, -0.05) is 26.7 Å². The highest BCUT2D eigenvalue weighted by atomic mass is 16.6. The molecule has 0 amide bonds. The van der Waals surface area contributed by atoms with Crippen LogP contribution in [-0.4, -0.2) is 39.6 Å². The van der Waals surface area contributed by atoms with E-state index < -0.39 is 0 Å². The molecular weight excluding hydrogens is 192 g/mol. The summed E-state index contributed by atoms with van der Waals surface area (Å²) in [6, 6.07) is 0. The third-order valence-corrected chi connectivity index (χ3v) is 2.15. The molecule has 0 heterocycles. The van der Waals surface area contributed by atoms with Crippen molar-refractivity contribution in [1.29, 1.82) is 0 Å². The van der Waals surface area contributed by atoms with Gasteiger partial charge in [0.2, 0.25) is 0 Å². The van der Waals surface area contributed by atoms with E-state index in [2.05, 4.69) is 13.8 Å². The zero-order chi connectivity index (χ0) is 11.4. The van der Waals surface area contributed by atoms with Crippen molar-refractivity contribution in [3.8, 4) is 0 Å². The van der Waals surface area contributed by atoms with Crippen molar-refractivity contribution >= 4 is 0 Å². The molecule has 3 heteroatoms. The molecule has 0 saturated heterocycles. The molecule has 0 aromatic heterocycles. The van der Waals surface area contributed by atoms with Crippen molar-refractivity contribution in [3.05, 3.63) is 0 Å². The van der Waals surface area contributed by atoms with E-state index in [1.54, 1.807) is 7.11 Å². The van der Waals surface area contributed by atoms with Crippen LogP contribution < -0.4 is 0 Å². The predicted octanol–water partition coefficient (Wildman–Crippen LogP) is 2.63. The fourth-order valence-corrected chi connectivity index (χ4v) is 1.19. The molecule has 1 unspecified atom stereocenters. The van der Waals surface area contributed by atoms with Gasteiger partial charge in [-0.25, -0.2) is 0 Å². The van der Waals surface area contributed by atoms with Crippen LogP contribution >= 0.6 is 0 Å². The van der Waals surface area contributed by atoms with Gasteiger partial charge in [-0.15, -0.1) is 0 Å². The molecule has 92 valence electrons. The Hall–Kier alpha value is -0.120. The number of rotatable bonds is 11. The monoisotopic (exact) mass is 218 g/mol. The predicted molar refractivity (Wildman–Crippen MR) is 62.3 cm³/mol. The maximum Gasteiger partial charge on any atom is 0.104 e. The van der Waals surface area contributed by atoms with E-state index in [1.807, 2.05) is 0 Å². The lowest BCUT2D eigenvalue weighted by Crippen LogP contribution is -2.25. The lowest BCUT2D eigenvalue weighted by atomic mass is 10.3. The Bertz CT molecular complexity index is 117. The standard InChI is InChI=1S/C12H26O3/c1-4-6-8-14-11-12(10-13-3)15-9-7-5-2/h12H,4-11H2,1-3H3. The maximum absolute atomic E-state index is 5.65. The Morgan fingerprint density at radius 1 is 0.933 bits per heavy atom. The van der Waals surface area contributed by atoms with Gasteiger partial charge in [0.1, 0.15) is 6.10 Å². The summed E-state index contributed by atoms with van der Waals surface area (Å²) in [6.07, 6.45) is 4.66. The average Bonchev–Trinajstić information content (AvgIpc) is 2.24. The molecule has 0 aromatic carbocycles. The number of hydrogen-bond donors (Lipinski definition) is 0. The van der Waals surface area contributed by atoms with Gasteiger partial charge in [-0.2, -0.15) is 0 Å². The first kappa shape index (κ1) is 14.9. The Kier molecular flexibility index (Phi) is 11.9. The van der Waals surface area contributed by atoms with Gasteiger partial charge in [-0.3, -0.25) is 0 Å². The molecule has 15 heavy (non-hydrogen) atoms. The van der Waals surface area contributed by atoms with Gasteiger partial charge < -0.3 is 14.2 Å². The molecule has 0 bridgehead atoms. The van der Waals surface area contributed by atoms with Crippen molar-refractivity contribution in [3.63, 3.8) is 0 Å². The van der Waals surface area contributed by atoms with Crippen LogP contribution in [0.3, 0.4) is 0 Å². The molecule has 0 rings (SSSR count). The largest absolute Gasteiger partial charge is 0.382 e. The summed E-state index contributed by atoms with van der Waals surface area (Å²) in [5, 5.41) is 0. The number of unbranched alkanes of at least 4 members (excludes halogenated alkanes) is 2. The Morgan fingerprint density at radius 3 is 2.20 bits per heavy atom. The smallest absolute Gasteiger partial charge is 0.104 e. The van der Waals surface area contributed by atoms with E-state index in [4.69, 9.17) is 14.2 Å². The van der Waals surface area contributed by atoms with Crippen molar-refractivity contribution < 1.29 is 14.2 Å². The summed E-state index contributed by atoms with van der Waals surface area (Å²) >= 11 is 0. The quantitative estimate of drug-likeness (QED) is 0.499. The molecule has 0 aromatic rings. The molecule has 3 nitrogen and oxygen atoms in total. The van der Waals surface area contributed by atoms with Crippen molar-refractivity contribution in [2.45, 2.75) is 45.6 Å². The highest BCUT2D eigenvalue weighted by molar-refractivity contribution is 4.55. The van der Waals surface area contributed by atoms with Crippen LogP contribution in [0.25, 0.3) is 0 Å². The molecule has 0 aliphatic heterocycles. The molecule has 0 aliphatic carbocycles. The van der Waals surface area contributed by atoms with Crippen molar-refractivity contribution in [2.24, 2.45) is 0 Å². The van der Waals surface area contributed by atoms with Crippen LogP contribution in [0.15, 0.2) is 0 Å². The fraction of sp³-hybridized carbons (Fsp3) is 1.00. The van der Waals surface area contributed by atoms with Crippen molar-refractivity contribution in [1.82, 2.24) is 0 Å². The van der Waals surface area contributed by atoms with E-state index in [1.165, 1.54) is 6.42 Å². The molecule has 0 N–H and O–H groups in total. The van der Waals surface area contributed by atoms with E-state index in [0.29, 0.717) is 13.2 Å². The lowest BCUT2D eigenvalue weighted by molar-refractivity contribution is -0.0521. The van der Waals surface area contributed by atoms with Crippen molar-refractivity contribution in [2.75, 3.05) is 33.5 Å². The maximum atomic E-state index is 5.65. The normalized spacial score (nSPS) is 13.0. The van der Waals surface area contributed by atoms with Crippen LogP contribution in [0.2, 0.25) is 0 Å². The van der Waals surface area contributed by atoms with Crippen LogP contribution in [0.1, 0.15) is 39.5 Å². The lowest BCUT2D eigenvalue weighted by Gasteiger charge is -2.17. The van der Waals surface area contributed by atoms with E-state index in [0.717, 1.165) is 32.5 Å². The van der Waals surface area contributed by atoms with Gasteiger partial charge in [0.15, 0.2) is 0 Å². The van der Waals surface area contributed by atoms with Crippen LogP contribution in [0, 0.1) is 0 Å². The average molecular weight is 218 g/mol. The minimum atomic E-state index is 0.0957. The summed E-state index contributed by atoms with van der Waals surface area (Å²) in [5.41, 5.74) is 0. The fourth-order valence-electron chi connectivity index (χ4n) is 1.19. The second kappa shape index (κ2) is 12.0. The Labute approximate surface area is 94.1 Å². The Morgan fingerprint density at radius 2 is 1.60 bits per heavy atom. The van der Waals surface area contributed by atoms with Crippen LogP contribution in [-0.2, 0) is 14.2 Å². The van der Waals surface area contributed by atoms with Gasteiger partial charge in [0.25, 0.3) is 0 Å². The summed E-state index contributed by atoms with van der Waals surface area (Å²) < 4.78 is 16.3. The molecule has 0 fully saturated rings. The van der Waals surface area contributed by atoms with E-state index in [-0.39, 0.29) is 6.10 Å². The number of hydrogen-bond acceptors (Lipinski definition) is 3. The number of ether oxygens (including phenoxy) is 3. The van der Waals surface area contributed by atoms with Gasteiger partial charge in [0.05, 0.1) is 13.2 Å². The Balaban J connectivity index is 3.44. The molecule has 0 radical (unpaired) electrons. The molecule has 0 saturated carbocycles. The minimum Gasteiger partial charge on any atom is -0.382 e. The summed E-state index contributed by atoms with van der Waals surface area (Å²) in [7, 11) is 1.70. The highest BCUT2D eigenvalue weighted by Gasteiger charge is 2.08. The minimum absolute atomic E-state index is 0.0957. The zero-order valence-electron chi connectivity index (χ0n) is 10.5. The first-order valence-electron chi connectivity index (χ1n) is 6.03. The second-order valence-electron chi connectivity index (χ2n) is 3.73. The van der Waals surface area contributed by atoms with Gasteiger partial charge in [0, 0.05) is 20.3 Å². The third kappa shape index (κ3) is 10.2.